The van der Waals surface area contributed by atoms with Gasteiger partial charge in [0, 0.05) is 44.8 Å². The summed E-state index contributed by atoms with van der Waals surface area (Å²) in [4.78, 5) is 48.1. The van der Waals surface area contributed by atoms with Crippen molar-refractivity contribution in [3.05, 3.63) is 0 Å². The van der Waals surface area contributed by atoms with Crippen LogP contribution < -0.4 is 21.3 Å². The summed E-state index contributed by atoms with van der Waals surface area (Å²) in [6, 6.07) is 0.923. The molecule has 0 aromatic heterocycles. The van der Waals surface area contributed by atoms with E-state index in [-0.39, 0.29) is 42.3 Å². The average molecular weight is 735 g/mol. The van der Waals surface area contributed by atoms with Gasteiger partial charge in [-0.1, -0.05) is 0 Å². The zero-order chi connectivity index (χ0) is 37.0. The Morgan fingerprint density at radius 2 is 0.692 bits per heavy atom. The maximum Gasteiger partial charge on any atom is 0.407 e. The van der Waals surface area contributed by atoms with E-state index in [2.05, 4.69) is 21.3 Å². The van der Waals surface area contributed by atoms with E-state index < -0.39 is 0 Å². The van der Waals surface area contributed by atoms with Crippen LogP contribution in [0, 0.1) is 23.7 Å². The molecule has 0 saturated heterocycles. The van der Waals surface area contributed by atoms with E-state index in [1.165, 1.54) is 25.7 Å². The minimum atomic E-state index is -0.352. The fourth-order valence-electron chi connectivity index (χ4n) is 9.07. The number of hydrogen-bond donors (Lipinski definition) is 4. The monoisotopic (exact) mass is 735 g/mol. The molecule has 4 fully saturated rings. The summed E-state index contributed by atoms with van der Waals surface area (Å²) in [5.74, 6) is 2.98. The molecule has 0 aliphatic heterocycles. The lowest BCUT2D eigenvalue weighted by Crippen LogP contribution is -2.39. The van der Waals surface area contributed by atoms with Crippen LogP contribution in [0.3, 0.4) is 0 Å². The molecule has 4 rings (SSSR count). The van der Waals surface area contributed by atoms with Crippen molar-refractivity contribution in [1.82, 2.24) is 21.3 Å². The molecule has 0 aromatic carbocycles. The zero-order valence-electron chi connectivity index (χ0n) is 32.3. The number of hydrogen-bond acceptors (Lipinski definition) is 8. The smallest absolute Gasteiger partial charge is 0.407 e. The Balaban J connectivity index is 0.931. The van der Waals surface area contributed by atoms with Gasteiger partial charge in [0.05, 0.1) is 19.8 Å². The predicted octanol–water partition coefficient (Wildman–Crippen LogP) is 7.52. The molecular formula is C40H70N4O8. The molecule has 298 valence electrons. The van der Waals surface area contributed by atoms with E-state index in [9.17, 15) is 19.2 Å². The zero-order valence-corrected chi connectivity index (χ0v) is 32.3. The molecule has 4 aliphatic rings. The van der Waals surface area contributed by atoms with Gasteiger partial charge in [-0.3, -0.25) is 4.79 Å². The molecule has 0 bridgehead atoms. The van der Waals surface area contributed by atoms with Gasteiger partial charge >= 0.3 is 18.3 Å². The highest BCUT2D eigenvalue weighted by molar-refractivity contribution is 5.73. The Morgan fingerprint density at radius 1 is 0.423 bits per heavy atom. The van der Waals surface area contributed by atoms with Gasteiger partial charge in [-0.05, 0) is 165 Å². The summed E-state index contributed by atoms with van der Waals surface area (Å²) in [6.45, 7) is 3.36. The second-order valence-electron chi connectivity index (χ2n) is 16.3. The molecule has 52 heavy (non-hydrogen) atoms. The summed E-state index contributed by atoms with van der Waals surface area (Å²) < 4.78 is 21.1. The van der Waals surface area contributed by atoms with Crippen molar-refractivity contribution in [2.75, 3.05) is 33.5 Å². The van der Waals surface area contributed by atoms with E-state index >= 15 is 0 Å². The number of carbonyl (C=O) groups is 4. The first-order valence-corrected chi connectivity index (χ1v) is 20.8. The fraction of sp³-hybridized carbons (Fsp3) is 0.900. The van der Waals surface area contributed by atoms with Crippen molar-refractivity contribution >= 4 is 24.2 Å². The van der Waals surface area contributed by atoms with Crippen molar-refractivity contribution in [2.45, 2.75) is 172 Å². The Morgan fingerprint density at radius 3 is 0.962 bits per heavy atom. The molecule has 4 saturated carbocycles. The van der Waals surface area contributed by atoms with Gasteiger partial charge in [0.1, 0.15) is 0 Å². The molecule has 0 atom stereocenters. The third kappa shape index (κ3) is 16.9. The van der Waals surface area contributed by atoms with Crippen LogP contribution in [0.25, 0.3) is 0 Å². The van der Waals surface area contributed by atoms with Gasteiger partial charge in [-0.25, -0.2) is 14.4 Å². The van der Waals surface area contributed by atoms with Gasteiger partial charge < -0.3 is 40.2 Å². The molecule has 0 spiro atoms. The van der Waals surface area contributed by atoms with Crippen LogP contribution in [0.4, 0.5) is 14.4 Å². The van der Waals surface area contributed by atoms with Gasteiger partial charge in [-0.2, -0.15) is 0 Å². The number of alkyl carbamates (subject to hydrolysis) is 3. The third-order valence-corrected chi connectivity index (χ3v) is 12.1. The van der Waals surface area contributed by atoms with Crippen molar-refractivity contribution in [3.8, 4) is 0 Å². The number of carbonyl (C=O) groups excluding carboxylic acids is 4. The van der Waals surface area contributed by atoms with Gasteiger partial charge in [0.2, 0.25) is 5.91 Å². The molecule has 0 aromatic rings. The Bertz CT molecular complexity index is 1050. The molecule has 12 nitrogen and oxygen atoms in total. The van der Waals surface area contributed by atoms with E-state index in [1.54, 1.807) is 14.0 Å². The number of nitrogens with one attached hydrogen (secondary N) is 4. The van der Waals surface area contributed by atoms with Crippen LogP contribution in [-0.4, -0.2) is 81.9 Å². The van der Waals surface area contributed by atoms with Crippen LogP contribution >= 0.6 is 0 Å². The highest BCUT2D eigenvalue weighted by Gasteiger charge is 2.30. The van der Waals surface area contributed by atoms with E-state index in [1.807, 2.05) is 0 Å². The number of methoxy groups -OCH3 is 1. The van der Waals surface area contributed by atoms with Gasteiger partial charge in [0.15, 0.2) is 0 Å². The normalized spacial score (nSPS) is 29.3. The topological polar surface area (TPSA) is 153 Å². The first-order valence-electron chi connectivity index (χ1n) is 20.8. The number of rotatable bonds is 18. The maximum atomic E-state index is 12.4. The van der Waals surface area contributed by atoms with E-state index in [0.717, 1.165) is 115 Å². The van der Waals surface area contributed by atoms with Gasteiger partial charge in [-0.15, -0.1) is 0 Å². The molecule has 0 heterocycles. The highest BCUT2D eigenvalue weighted by atomic mass is 16.6. The summed E-state index contributed by atoms with van der Waals surface area (Å²) in [6.07, 6.45) is 22.0. The largest absolute Gasteiger partial charge is 0.450 e. The average Bonchev–Trinajstić information content (AvgIpc) is 3.13. The SMILES string of the molecule is COCCCCOC(=O)NC1CCC(CC2CCC(NC(=O)OCCCCOC(=O)NC3CCC(CC4CCC(NC(C)=O)CC4)CC3)CC2)CC1. The molecule has 0 radical (unpaired) electrons. The van der Waals surface area contributed by atoms with Crippen molar-refractivity contribution in [3.63, 3.8) is 0 Å². The lowest BCUT2D eigenvalue weighted by Gasteiger charge is -2.34. The number of unbranched alkanes of at least 4 members (excludes halogenated alkanes) is 2. The maximum absolute atomic E-state index is 12.4. The summed E-state index contributed by atoms with van der Waals surface area (Å²) in [5.41, 5.74) is 0. The van der Waals surface area contributed by atoms with E-state index in [0.29, 0.717) is 57.1 Å². The minimum Gasteiger partial charge on any atom is -0.450 e. The minimum absolute atomic E-state index is 0.0779. The molecule has 12 heteroatoms. The summed E-state index contributed by atoms with van der Waals surface area (Å²) in [7, 11) is 1.68. The first kappa shape index (κ1) is 42.0. The second-order valence-corrected chi connectivity index (χ2v) is 16.3. The highest BCUT2D eigenvalue weighted by Crippen LogP contribution is 2.37. The van der Waals surface area contributed by atoms with E-state index in [4.69, 9.17) is 18.9 Å². The van der Waals surface area contributed by atoms with Crippen LogP contribution in [0.1, 0.15) is 148 Å². The summed E-state index contributed by atoms with van der Waals surface area (Å²) >= 11 is 0. The predicted molar refractivity (Wildman–Crippen MR) is 200 cm³/mol. The standard InChI is InChI=1S/C40H70N4O8/c1-29(45)41-34-15-7-30(8-16-34)27-31-9-17-36(18-10-31)43-39(47)51-25-5-6-26-52-40(48)44-37-21-13-33(14-22-37)28-32-11-19-35(20-12-32)42-38(46)50-24-4-3-23-49-2/h30-37H,3-28H2,1-2H3,(H,41,45)(H,42,46)(H,43,47)(H,44,48). The van der Waals surface area contributed by atoms with Crippen LogP contribution in [0.15, 0.2) is 0 Å². The van der Waals surface area contributed by atoms with Crippen LogP contribution in [0.5, 0.6) is 0 Å². The van der Waals surface area contributed by atoms with Crippen LogP contribution in [0.2, 0.25) is 0 Å². The summed E-state index contributed by atoms with van der Waals surface area (Å²) in [5, 5.41) is 12.2. The molecule has 0 unspecified atom stereocenters. The van der Waals surface area contributed by atoms with Crippen molar-refractivity contribution in [2.24, 2.45) is 23.7 Å². The van der Waals surface area contributed by atoms with Crippen LogP contribution in [-0.2, 0) is 23.7 Å². The lowest BCUT2D eigenvalue weighted by atomic mass is 9.75. The quantitative estimate of drug-likeness (QED) is 0.0833. The third-order valence-electron chi connectivity index (χ3n) is 12.1. The fourth-order valence-corrected chi connectivity index (χ4v) is 9.07. The molecule has 4 aliphatic carbocycles. The Labute approximate surface area is 312 Å². The van der Waals surface area contributed by atoms with Gasteiger partial charge in [0.25, 0.3) is 0 Å². The lowest BCUT2D eigenvalue weighted by molar-refractivity contribution is -0.119. The number of amides is 4. The Hall–Kier alpha value is -2.76. The molecule has 4 N–H and O–H groups in total. The number of ether oxygens (including phenoxy) is 4. The van der Waals surface area contributed by atoms with Crippen molar-refractivity contribution in [1.29, 1.82) is 0 Å². The van der Waals surface area contributed by atoms with Crippen molar-refractivity contribution < 1.29 is 38.1 Å². The Kier molecular flexibility index (Phi) is 19.2. The molecule has 4 amide bonds. The first-order chi connectivity index (χ1) is 25.2. The second kappa shape index (κ2) is 23.8. The molecular weight excluding hydrogens is 664 g/mol.